The quantitative estimate of drug-likeness (QED) is 0.334. The van der Waals surface area contributed by atoms with Gasteiger partial charge in [0.25, 0.3) is 5.56 Å². The summed E-state index contributed by atoms with van der Waals surface area (Å²) >= 11 is 7.31. The van der Waals surface area contributed by atoms with Crippen molar-refractivity contribution in [3.05, 3.63) is 75.2 Å². The van der Waals surface area contributed by atoms with E-state index in [0.29, 0.717) is 32.6 Å². The number of rotatable bonds is 6. The van der Waals surface area contributed by atoms with Crippen LogP contribution in [0.1, 0.15) is 18.1 Å². The summed E-state index contributed by atoms with van der Waals surface area (Å²) < 4.78 is 1.51. The maximum atomic E-state index is 13.1. The highest BCUT2D eigenvalue weighted by Gasteiger charge is 2.16. The predicted molar refractivity (Wildman–Crippen MR) is 124 cm³/mol. The molecule has 0 fully saturated rings. The van der Waals surface area contributed by atoms with Crippen molar-refractivity contribution in [2.75, 3.05) is 11.1 Å². The van der Waals surface area contributed by atoms with E-state index in [1.165, 1.54) is 28.1 Å². The zero-order chi connectivity index (χ0) is 22.0. The molecule has 158 valence electrons. The minimum atomic E-state index is -0.239. The van der Waals surface area contributed by atoms with Crippen molar-refractivity contribution in [3.8, 4) is 5.69 Å². The highest BCUT2D eigenvalue weighted by Crippen LogP contribution is 2.24. The molecular weight excluding hydrogens is 434 g/mol. The molecule has 7 nitrogen and oxygen atoms in total. The molecule has 4 rings (SSSR count). The van der Waals surface area contributed by atoms with Crippen LogP contribution in [0.15, 0.2) is 58.6 Å². The summed E-state index contributed by atoms with van der Waals surface area (Å²) in [6, 6.07) is 13.1. The first-order valence-corrected chi connectivity index (χ1v) is 11.1. The summed E-state index contributed by atoms with van der Waals surface area (Å²) in [6.07, 6.45) is 2.36. The monoisotopic (exact) mass is 453 g/mol. The van der Waals surface area contributed by atoms with Gasteiger partial charge in [0.05, 0.1) is 17.6 Å². The fourth-order valence-corrected chi connectivity index (χ4v) is 4.12. The van der Waals surface area contributed by atoms with Crippen molar-refractivity contribution in [3.63, 3.8) is 0 Å². The summed E-state index contributed by atoms with van der Waals surface area (Å²) in [5.74, 6) is -0.146. The molecular formula is C22H20ClN5O2S. The number of anilines is 1. The van der Waals surface area contributed by atoms with Crippen molar-refractivity contribution >= 4 is 46.0 Å². The van der Waals surface area contributed by atoms with Gasteiger partial charge < -0.3 is 5.32 Å². The first-order chi connectivity index (χ1) is 15.0. The molecule has 2 aromatic carbocycles. The zero-order valence-corrected chi connectivity index (χ0v) is 18.5. The van der Waals surface area contributed by atoms with Crippen LogP contribution in [0, 0.1) is 6.92 Å². The average Bonchev–Trinajstić information content (AvgIpc) is 3.25. The first kappa shape index (κ1) is 21.1. The predicted octanol–water partition coefficient (Wildman–Crippen LogP) is 4.36. The van der Waals surface area contributed by atoms with Crippen LogP contribution >= 0.6 is 23.4 Å². The molecule has 0 aliphatic rings. The van der Waals surface area contributed by atoms with Crippen LogP contribution in [-0.4, -0.2) is 31.4 Å². The Morgan fingerprint density at radius 1 is 1.23 bits per heavy atom. The van der Waals surface area contributed by atoms with Gasteiger partial charge >= 0.3 is 0 Å². The molecule has 0 saturated heterocycles. The van der Waals surface area contributed by atoms with Gasteiger partial charge in [0.15, 0.2) is 10.8 Å². The lowest BCUT2D eigenvalue weighted by Crippen LogP contribution is -2.22. The number of carbonyl (C=O) groups excluding carboxylic acids is 1. The number of thioether (sulfide) groups is 1. The lowest BCUT2D eigenvalue weighted by molar-refractivity contribution is -0.113. The minimum Gasteiger partial charge on any atom is -0.325 e. The number of H-pyrrole nitrogens is 1. The largest absolute Gasteiger partial charge is 0.325 e. The number of aromatic nitrogens is 4. The van der Waals surface area contributed by atoms with Gasteiger partial charge in [0.2, 0.25) is 5.91 Å². The molecule has 0 atom stereocenters. The van der Waals surface area contributed by atoms with E-state index in [9.17, 15) is 9.59 Å². The number of aromatic amines is 1. The Bertz CT molecular complexity index is 1310. The number of halogens is 1. The lowest BCUT2D eigenvalue weighted by atomic mass is 10.1. The van der Waals surface area contributed by atoms with Gasteiger partial charge in [-0.1, -0.05) is 48.5 Å². The Balaban J connectivity index is 1.64. The molecule has 0 saturated carbocycles. The number of carbonyl (C=O) groups is 1. The van der Waals surface area contributed by atoms with Gasteiger partial charge in [0.1, 0.15) is 5.39 Å². The maximum absolute atomic E-state index is 13.1. The van der Waals surface area contributed by atoms with E-state index in [1.807, 2.05) is 31.2 Å². The molecule has 1 amide bonds. The highest BCUT2D eigenvalue weighted by molar-refractivity contribution is 7.99. The van der Waals surface area contributed by atoms with Crippen LogP contribution in [0.3, 0.4) is 0 Å². The fraction of sp³-hybridized carbons (Fsp3) is 0.182. The molecule has 2 heterocycles. The number of benzene rings is 2. The molecule has 4 aromatic rings. The molecule has 2 aromatic heterocycles. The second-order valence-electron chi connectivity index (χ2n) is 6.94. The molecule has 9 heteroatoms. The number of hydrogen-bond donors (Lipinski definition) is 2. The van der Waals surface area contributed by atoms with E-state index in [-0.39, 0.29) is 17.2 Å². The molecule has 0 bridgehead atoms. The van der Waals surface area contributed by atoms with Gasteiger partial charge in [-0.05, 0) is 48.7 Å². The van der Waals surface area contributed by atoms with E-state index in [2.05, 4.69) is 27.4 Å². The smallest absolute Gasteiger partial charge is 0.269 e. The van der Waals surface area contributed by atoms with Crippen LogP contribution < -0.4 is 10.9 Å². The Kier molecular flexibility index (Phi) is 6.11. The van der Waals surface area contributed by atoms with E-state index < -0.39 is 0 Å². The highest BCUT2D eigenvalue weighted by atomic mass is 35.5. The third kappa shape index (κ3) is 4.35. The molecule has 0 unspecified atom stereocenters. The van der Waals surface area contributed by atoms with Crippen molar-refractivity contribution in [2.45, 2.75) is 25.4 Å². The number of fused-ring (bicyclic) bond motifs is 1. The molecule has 0 radical (unpaired) electrons. The van der Waals surface area contributed by atoms with Gasteiger partial charge in [-0.2, -0.15) is 5.10 Å². The van der Waals surface area contributed by atoms with Gasteiger partial charge in [0, 0.05) is 10.7 Å². The van der Waals surface area contributed by atoms with Gasteiger partial charge in [-0.25, -0.2) is 4.98 Å². The van der Waals surface area contributed by atoms with Gasteiger partial charge in [-0.15, -0.1) is 0 Å². The third-order valence-electron chi connectivity index (χ3n) is 4.93. The molecule has 2 N–H and O–H groups in total. The van der Waals surface area contributed by atoms with Crippen LogP contribution in [0.5, 0.6) is 0 Å². The SMILES string of the molecule is CCc1ccc(-n2c(SCC(=O)Nc3cccc(Cl)c3C)nc3[nH]ncc3c2=O)cc1. The standard InChI is InChI=1S/C22H20ClN5O2S/c1-3-14-7-9-15(10-8-14)28-21(30)16-11-24-27-20(16)26-22(28)31-12-19(29)25-18-6-4-5-17(23)13(18)2/h4-11H,3,12H2,1-2H3,(H,24,27)(H,25,29). The summed E-state index contributed by atoms with van der Waals surface area (Å²) in [5, 5.41) is 10.9. The summed E-state index contributed by atoms with van der Waals surface area (Å²) in [5.41, 5.74) is 3.46. The van der Waals surface area contributed by atoms with Crippen molar-refractivity contribution in [1.29, 1.82) is 0 Å². The number of amides is 1. The zero-order valence-electron chi connectivity index (χ0n) is 17.0. The Hall–Kier alpha value is -3.10. The topological polar surface area (TPSA) is 92.7 Å². The molecule has 0 spiro atoms. The van der Waals surface area contributed by atoms with Crippen LogP contribution in [0.2, 0.25) is 5.02 Å². The molecule has 0 aliphatic heterocycles. The number of hydrogen-bond acceptors (Lipinski definition) is 5. The van der Waals surface area contributed by atoms with E-state index in [4.69, 9.17) is 11.6 Å². The van der Waals surface area contributed by atoms with E-state index >= 15 is 0 Å². The second kappa shape index (κ2) is 8.95. The van der Waals surface area contributed by atoms with Crippen LogP contribution in [0.25, 0.3) is 16.7 Å². The van der Waals surface area contributed by atoms with Gasteiger partial charge in [-0.3, -0.25) is 19.3 Å². The van der Waals surface area contributed by atoms with Crippen molar-refractivity contribution in [1.82, 2.24) is 19.7 Å². The minimum absolute atomic E-state index is 0.0745. The van der Waals surface area contributed by atoms with Crippen LogP contribution in [0.4, 0.5) is 5.69 Å². The average molecular weight is 454 g/mol. The van der Waals surface area contributed by atoms with E-state index in [1.54, 1.807) is 18.2 Å². The Morgan fingerprint density at radius 2 is 2.00 bits per heavy atom. The first-order valence-electron chi connectivity index (χ1n) is 9.71. The number of aryl methyl sites for hydroxylation is 1. The Morgan fingerprint density at radius 3 is 2.74 bits per heavy atom. The number of nitrogens with zero attached hydrogens (tertiary/aromatic N) is 3. The molecule has 0 aliphatic carbocycles. The summed E-state index contributed by atoms with van der Waals surface area (Å²) in [4.78, 5) is 30.2. The number of nitrogens with one attached hydrogen (secondary N) is 2. The fourth-order valence-electron chi connectivity index (χ4n) is 3.14. The van der Waals surface area contributed by atoms with E-state index in [0.717, 1.165) is 12.0 Å². The normalized spacial score (nSPS) is 11.1. The summed E-state index contributed by atoms with van der Waals surface area (Å²) in [6.45, 7) is 3.91. The van der Waals surface area contributed by atoms with Crippen molar-refractivity contribution in [2.24, 2.45) is 0 Å². The third-order valence-corrected chi connectivity index (χ3v) is 6.28. The Labute approximate surface area is 187 Å². The van der Waals surface area contributed by atoms with Crippen molar-refractivity contribution < 1.29 is 4.79 Å². The maximum Gasteiger partial charge on any atom is 0.269 e. The summed E-state index contributed by atoms with van der Waals surface area (Å²) in [7, 11) is 0. The van der Waals surface area contributed by atoms with Crippen LogP contribution in [-0.2, 0) is 11.2 Å². The molecule has 31 heavy (non-hydrogen) atoms. The lowest BCUT2D eigenvalue weighted by Gasteiger charge is -2.13. The second-order valence-corrected chi connectivity index (χ2v) is 8.29.